The van der Waals surface area contributed by atoms with Crippen molar-refractivity contribution in [3.8, 4) is 11.3 Å². The fourth-order valence-electron chi connectivity index (χ4n) is 3.08. The SMILES string of the molecule is O=C(/C=C/c1ccc(-c2cc(Cl)cc(Cl)c2)o1)Nc1ccc(Cc2ccncc2)cc1. The smallest absolute Gasteiger partial charge is 0.248 e. The highest BCUT2D eigenvalue weighted by atomic mass is 35.5. The molecule has 0 atom stereocenters. The largest absolute Gasteiger partial charge is 0.457 e. The number of benzene rings is 2. The fraction of sp³-hybridized carbons (Fsp3) is 0.0400. The number of anilines is 1. The third-order valence-electron chi connectivity index (χ3n) is 4.55. The van der Waals surface area contributed by atoms with Gasteiger partial charge in [-0.15, -0.1) is 0 Å². The quantitative estimate of drug-likeness (QED) is 0.326. The highest BCUT2D eigenvalue weighted by molar-refractivity contribution is 6.35. The van der Waals surface area contributed by atoms with Gasteiger partial charge in [0.05, 0.1) is 0 Å². The maximum atomic E-state index is 12.2. The molecular formula is C25H18Cl2N2O2. The molecule has 1 amide bonds. The Hall–Kier alpha value is -3.34. The molecule has 1 N–H and O–H groups in total. The monoisotopic (exact) mass is 448 g/mol. The number of furan rings is 1. The molecule has 4 nitrogen and oxygen atoms in total. The molecule has 0 aliphatic carbocycles. The van der Waals surface area contributed by atoms with Gasteiger partial charge in [-0.05, 0) is 78.2 Å². The van der Waals surface area contributed by atoms with Crippen molar-refractivity contribution in [1.82, 2.24) is 4.98 Å². The Balaban J connectivity index is 1.36. The summed E-state index contributed by atoms with van der Waals surface area (Å²) in [7, 11) is 0. The second-order valence-corrected chi connectivity index (χ2v) is 7.78. The number of carbonyl (C=O) groups is 1. The van der Waals surface area contributed by atoms with Crippen molar-refractivity contribution in [1.29, 1.82) is 0 Å². The van der Waals surface area contributed by atoms with E-state index in [1.165, 1.54) is 11.6 Å². The minimum atomic E-state index is -0.245. The van der Waals surface area contributed by atoms with Crippen molar-refractivity contribution < 1.29 is 9.21 Å². The average molecular weight is 449 g/mol. The van der Waals surface area contributed by atoms with E-state index in [9.17, 15) is 4.79 Å². The van der Waals surface area contributed by atoms with E-state index in [0.29, 0.717) is 21.6 Å². The zero-order valence-electron chi connectivity index (χ0n) is 16.4. The van der Waals surface area contributed by atoms with Gasteiger partial charge in [0, 0.05) is 39.8 Å². The molecule has 0 radical (unpaired) electrons. The van der Waals surface area contributed by atoms with Gasteiger partial charge in [-0.2, -0.15) is 0 Å². The lowest BCUT2D eigenvalue weighted by Crippen LogP contribution is -2.07. The van der Waals surface area contributed by atoms with E-state index in [-0.39, 0.29) is 5.91 Å². The Morgan fingerprint density at radius 2 is 1.58 bits per heavy atom. The lowest BCUT2D eigenvalue weighted by atomic mass is 10.1. The number of hydrogen-bond donors (Lipinski definition) is 1. The van der Waals surface area contributed by atoms with Crippen LogP contribution in [0.1, 0.15) is 16.9 Å². The molecule has 0 aliphatic rings. The van der Waals surface area contributed by atoms with Crippen LogP contribution in [-0.2, 0) is 11.2 Å². The maximum absolute atomic E-state index is 12.2. The van der Waals surface area contributed by atoms with Gasteiger partial charge in [0.1, 0.15) is 11.5 Å². The number of halogens is 2. The lowest BCUT2D eigenvalue weighted by molar-refractivity contribution is -0.111. The minimum absolute atomic E-state index is 0.245. The predicted molar refractivity (Wildman–Crippen MR) is 125 cm³/mol. The van der Waals surface area contributed by atoms with E-state index < -0.39 is 0 Å². The first kappa shape index (κ1) is 20.9. The van der Waals surface area contributed by atoms with Gasteiger partial charge in [-0.3, -0.25) is 9.78 Å². The molecule has 154 valence electrons. The first-order chi connectivity index (χ1) is 15.0. The number of nitrogens with zero attached hydrogens (tertiary/aromatic N) is 1. The van der Waals surface area contributed by atoms with Crippen molar-refractivity contribution in [2.75, 3.05) is 5.32 Å². The molecule has 31 heavy (non-hydrogen) atoms. The van der Waals surface area contributed by atoms with Crippen LogP contribution < -0.4 is 5.32 Å². The summed E-state index contributed by atoms with van der Waals surface area (Å²) in [6.45, 7) is 0. The molecule has 0 bridgehead atoms. The molecule has 2 aromatic heterocycles. The van der Waals surface area contributed by atoms with Crippen LogP contribution in [0.4, 0.5) is 5.69 Å². The Morgan fingerprint density at radius 3 is 2.29 bits per heavy atom. The number of amides is 1. The molecule has 4 rings (SSSR count). The Morgan fingerprint density at radius 1 is 0.903 bits per heavy atom. The summed E-state index contributed by atoms with van der Waals surface area (Å²) in [5, 5.41) is 3.90. The minimum Gasteiger partial charge on any atom is -0.457 e. The molecule has 0 saturated heterocycles. The number of nitrogens with one attached hydrogen (secondary N) is 1. The van der Waals surface area contributed by atoms with Gasteiger partial charge in [-0.1, -0.05) is 35.3 Å². The van der Waals surface area contributed by atoms with E-state index in [2.05, 4.69) is 10.3 Å². The van der Waals surface area contributed by atoms with Gasteiger partial charge in [-0.25, -0.2) is 0 Å². The van der Waals surface area contributed by atoms with E-state index >= 15 is 0 Å². The van der Waals surface area contributed by atoms with E-state index in [0.717, 1.165) is 23.2 Å². The molecule has 4 aromatic rings. The highest BCUT2D eigenvalue weighted by Gasteiger charge is 2.06. The molecule has 2 aromatic carbocycles. The van der Waals surface area contributed by atoms with Gasteiger partial charge in [0.2, 0.25) is 5.91 Å². The topological polar surface area (TPSA) is 55.1 Å². The Kier molecular flexibility index (Phi) is 6.51. The van der Waals surface area contributed by atoms with Crippen LogP contribution in [0, 0.1) is 0 Å². The molecular weight excluding hydrogens is 431 g/mol. The maximum Gasteiger partial charge on any atom is 0.248 e. The van der Waals surface area contributed by atoms with Crippen LogP contribution in [0.2, 0.25) is 10.0 Å². The van der Waals surface area contributed by atoms with Crippen molar-refractivity contribution in [2.45, 2.75) is 6.42 Å². The van der Waals surface area contributed by atoms with E-state index in [1.54, 1.807) is 48.8 Å². The summed E-state index contributed by atoms with van der Waals surface area (Å²) in [6.07, 6.45) is 7.42. The number of carbonyl (C=O) groups excluding carboxylic acids is 1. The summed E-state index contributed by atoms with van der Waals surface area (Å²) < 4.78 is 5.76. The van der Waals surface area contributed by atoms with Gasteiger partial charge < -0.3 is 9.73 Å². The zero-order chi connectivity index (χ0) is 21.6. The Labute approximate surface area is 190 Å². The highest BCUT2D eigenvalue weighted by Crippen LogP contribution is 2.29. The van der Waals surface area contributed by atoms with Gasteiger partial charge >= 0.3 is 0 Å². The number of aromatic nitrogens is 1. The van der Waals surface area contributed by atoms with Crippen LogP contribution in [-0.4, -0.2) is 10.9 Å². The second-order valence-electron chi connectivity index (χ2n) is 6.91. The molecule has 0 unspecified atom stereocenters. The third kappa shape index (κ3) is 5.85. The standard InChI is InChI=1S/C25H18Cl2N2O2/c26-20-14-19(15-21(27)16-20)24-7-5-23(31-24)6-8-25(30)29-22-3-1-17(2-4-22)13-18-9-11-28-12-10-18/h1-12,14-16H,13H2,(H,29,30)/b8-6+. The zero-order valence-corrected chi connectivity index (χ0v) is 17.9. The number of rotatable bonds is 6. The predicted octanol–water partition coefficient (Wildman–Crippen LogP) is 6.89. The molecule has 0 aliphatic heterocycles. The van der Waals surface area contributed by atoms with Crippen LogP contribution >= 0.6 is 23.2 Å². The van der Waals surface area contributed by atoms with Gasteiger partial charge in [0.15, 0.2) is 0 Å². The van der Waals surface area contributed by atoms with Gasteiger partial charge in [0.25, 0.3) is 0 Å². The first-order valence-electron chi connectivity index (χ1n) is 9.58. The molecule has 0 fully saturated rings. The van der Waals surface area contributed by atoms with Crippen LogP contribution in [0.25, 0.3) is 17.4 Å². The molecule has 2 heterocycles. The summed E-state index contributed by atoms with van der Waals surface area (Å²) in [5.74, 6) is 0.925. The normalized spacial score (nSPS) is 11.0. The third-order valence-corrected chi connectivity index (χ3v) is 4.99. The summed E-state index contributed by atoms with van der Waals surface area (Å²) in [5.41, 5.74) is 3.84. The second kappa shape index (κ2) is 9.65. The molecule has 6 heteroatoms. The van der Waals surface area contributed by atoms with Crippen LogP contribution in [0.15, 0.2) is 89.6 Å². The Bertz CT molecular complexity index is 1200. The summed E-state index contributed by atoms with van der Waals surface area (Å²) in [6, 6.07) is 20.5. The lowest BCUT2D eigenvalue weighted by Gasteiger charge is -2.05. The van der Waals surface area contributed by atoms with E-state index in [4.69, 9.17) is 27.6 Å². The van der Waals surface area contributed by atoms with Crippen molar-refractivity contribution in [2.24, 2.45) is 0 Å². The molecule has 0 spiro atoms. The van der Waals surface area contributed by atoms with Crippen molar-refractivity contribution in [3.05, 3.63) is 112 Å². The number of pyridine rings is 1. The fourth-order valence-corrected chi connectivity index (χ4v) is 3.60. The average Bonchev–Trinajstić information content (AvgIpc) is 3.23. The van der Waals surface area contributed by atoms with Crippen molar-refractivity contribution in [3.63, 3.8) is 0 Å². The summed E-state index contributed by atoms with van der Waals surface area (Å²) in [4.78, 5) is 16.3. The molecule has 0 saturated carbocycles. The van der Waals surface area contributed by atoms with Crippen LogP contribution in [0.5, 0.6) is 0 Å². The first-order valence-corrected chi connectivity index (χ1v) is 10.3. The summed E-state index contributed by atoms with van der Waals surface area (Å²) >= 11 is 12.1. The van der Waals surface area contributed by atoms with Crippen LogP contribution in [0.3, 0.4) is 0 Å². The van der Waals surface area contributed by atoms with E-state index in [1.807, 2.05) is 36.4 Å². The van der Waals surface area contributed by atoms with Crippen molar-refractivity contribution >= 4 is 40.9 Å². The number of hydrogen-bond acceptors (Lipinski definition) is 3.